The summed E-state index contributed by atoms with van der Waals surface area (Å²) in [5.74, 6) is 0. The summed E-state index contributed by atoms with van der Waals surface area (Å²) >= 11 is 5.87. The van der Waals surface area contributed by atoms with Crippen LogP contribution in [0, 0.1) is 0 Å². The van der Waals surface area contributed by atoms with Crippen LogP contribution in [-0.2, 0) is 0 Å². The van der Waals surface area contributed by atoms with Crippen LogP contribution in [0.5, 0.6) is 0 Å². The lowest BCUT2D eigenvalue weighted by molar-refractivity contribution is 1.26. The normalized spacial score (nSPS) is 10.7. The topological polar surface area (TPSA) is 45.8 Å². The third kappa shape index (κ3) is 1.79. The smallest absolute Gasteiger partial charge is 0.257 e. The van der Waals surface area contributed by atoms with Crippen molar-refractivity contribution in [3.05, 3.63) is 64.3 Å². The van der Waals surface area contributed by atoms with Gasteiger partial charge in [0.05, 0.1) is 5.39 Å². The van der Waals surface area contributed by atoms with Gasteiger partial charge < -0.3 is 4.98 Å². The Morgan fingerprint density at radius 2 is 1.83 bits per heavy atom. The van der Waals surface area contributed by atoms with Crippen LogP contribution < -0.4 is 5.56 Å². The highest BCUT2D eigenvalue weighted by Crippen LogP contribution is 2.26. The molecule has 88 valence electrons. The van der Waals surface area contributed by atoms with Gasteiger partial charge in [-0.1, -0.05) is 23.7 Å². The van der Waals surface area contributed by atoms with Crippen molar-refractivity contribution < 1.29 is 0 Å². The molecule has 0 atom stereocenters. The van der Waals surface area contributed by atoms with Crippen LogP contribution in [0.25, 0.3) is 21.9 Å². The number of H-pyrrole nitrogens is 1. The molecule has 3 rings (SSSR count). The van der Waals surface area contributed by atoms with Crippen molar-refractivity contribution in [3.63, 3.8) is 0 Å². The second-order valence-corrected chi connectivity index (χ2v) is 4.40. The zero-order valence-corrected chi connectivity index (χ0v) is 10.1. The molecule has 0 fully saturated rings. The van der Waals surface area contributed by atoms with E-state index in [1.807, 2.05) is 30.3 Å². The second-order valence-electron chi connectivity index (χ2n) is 3.96. The summed E-state index contributed by atoms with van der Waals surface area (Å²) in [5, 5.41) is 2.16. The van der Waals surface area contributed by atoms with Gasteiger partial charge in [0.15, 0.2) is 0 Å². The molecule has 3 aromatic rings. The zero-order valence-electron chi connectivity index (χ0n) is 9.35. The molecule has 1 aromatic carbocycles. The van der Waals surface area contributed by atoms with Gasteiger partial charge in [-0.15, -0.1) is 0 Å². The highest BCUT2D eigenvalue weighted by Gasteiger charge is 2.06. The molecule has 0 saturated carbocycles. The lowest BCUT2D eigenvalue weighted by Gasteiger charge is -2.05. The van der Waals surface area contributed by atoms with Crippen LogP contribution in [0.2, 0.25) is 5.02 Å². The minimum atomic E-state index is -0.129. The van der Waals surface area contributed by atoms with E-state index in [1.54, 1.807) is 18.6 Å². The molecule has 0 radical (unpaired) electrons. The summed E-state index contributed by atoms with van der Waals surface area (Å²) < 4.78 is 0. The lowest BCUT2D eigenvalue weighted by atomic mass is 10.0. The molecule has 18 heavy (non-hydrogen) atoms. The SMILES string of the molecule is O=c1[nH]cc(-c2ccc(Cl)cc2)c2ccncc12. The van der Waals surface area contributed by atoms with E-state index in [0.29, 0.717) is 10.4 Å². The molecule has 0 aliphatic rings. The van der Waals surface area contributed by atoms with E-state index in [9.17, 15) is 4.79 Å². The first-order valence-corrected chi connectivity index (χ1v) is 5.85. The molecule has 2 heterocycles. The van der Waals surface area contributed by atoms with E-state index in [1.165, 1.54) is 0 Å². The summed E-state index contributed by atoms with van der Waals surface area (Å²) in [7, 11) is 0. The molecule has 3 nitrogen and oxygen atoms in total. The van der Waals surface area contributed by atoms with Crippen molar-refractivity contribution in [1.82, 2.24) is 9.97 Å². The monoisotopic (exact) mass is 256 g/mol. The highest BCUT2D eigenvalue weighted by atomic mass is 35.5. The van der Waals surface area contributed by atoms with Crippen molar-refractivity contribution in [3.8, 4) is 11.1 Å². The number of nitrogens with zero attached hydrogens (tertiary/aromatic N) is 1. The van der Waals surface area contributed by atoms with Crippen molar-refractivity contribution in [1.29, 1.82) is 0 Å². The Labute approximate surface area is 108 Å². The Bertz CT molecular complexity index is 763. The molecule has 1 N–H and O–H groups in total. The number of hydrogen-bond donors (Lipinski definition) is 1. The second kappa shape index (κ2) is 4.27. The first kappa shape index (κ1) is 11.0. The van der Waals surface area contributed by atoms with Gasteiger partial charge in [-0.05, 0) is 29.1 Å². The maximum absolute atomic E-state index is 11.7. The molecule has 0 bridgehead atoms. The lowest BCUT2D eigenvalue weighted by Crippen LogP contribution is -2.06. The third-order valence-electron chi connectivity index (χ3n) is 2.86. The van der Waals surface area contributed by atoms with Crippen molar-refractivity contribution in [2.45, 2.75) is 0 Å². The number of aromatic amines is 1. The van der Waals surface area contributed by atoms with E-state index in [0.717, 1.165) is 16.5 Å². The minimum absolute atomic E-state index is 0.129. The molecule has 0 aliphatic carbocycles. The van der Waals surface area contributed by atoms with Crippen molar-refractivity contribution in [2.24, 2.45) is 0 Å². The van der Waals surface area contributed by atoms with Gasteiger partial charge in [0, 0.05) is 29.2 Å². The molecular weight excluding hydrogens is 248 g/mol. The third-order valence-corrected chi connectivity index (χ3v) is 3.11. The van der Waals surface area contributed by atoms with Gasteiger partial charge in [-0.3, -0.25) is 9.78 Å². The first-order chi connectivity index (χ1) is 8.75. The molecular formula is C14H9ClN2O. The molecule has 0 saturated heterocycles. The Balaban J connectivity index is 2.33. The number of nitrogens with one attached hydrogen (secondary N) is 1. The number of aromatic nitrogens is 2. The van der Waals surface area contributed by atoms with Gasteiger partial charge in [-0.2, -0.15) is 0 Å². The van der Waals surface area contributed by atoms with Crippen LogP contribution in [0.15, 0.2) is 53.7 Å². The standard InChI is InChI=1S/C14H9ClN2O/c15-10-3-1-9(2-4-10)12-8-17-14(18)13-7-16-6-5-11(12)13/h1-8H,(H,17,18). The van der Waals surface area contributed by atoms with Gasteiger partial charge >= 0.3 is 0 Å². The van der Waals surface area contributed by atoms with E-state index in [4.69, 9.17) is 11.6 Å². The Morgan fingerprint density at radius 1 is 1.06 bits per heavy atom. The number of fused-ring (bicyclic) bond motifs is 1. The summed E-state index contributed by atoms with van der Waals surface area (Å²) in [6, 6.07) is 9.35. The number of rotatable bonds is 1. The average molecular weight is 257 g/mol. The van der Waals surface area contributed by atoms with Crippen LogP contribution >= 0.6 is 11.6 Å². The Morgan fingerprint density at radius 3 is 2.61 bits per heavy atom. The zero-order chi connectivity index (χ0) is 12.5. The molecule has 4 heteroatoms. The first-order valence-electron chi connectivity index (χ1n) is 5.47. The fourth-order valence-electron chi connectivity index (χ4n) is 1.97. The summed E-state index contributed by atoms with van der Waals surface area (Å²) in [5.41, 5.74) is 1.84. The Kier molecular flexibility index (Phi) is 2.61. The summed E-state index contributed by atoms with van der Waals surface area (Å²) in [6.07, 6.45) is 4.97. The van der Waals surface area contributed by atoms with Crippen LogP contribution in [0.4, 0.5) is 0 Å². The Hall–Kier alpha value is -2.13. The van der Waals surface area contributed by atoms with Crippen LogP contribution in [0.3, 0.4) is 0 Å². The molecule has 0 spiro atoms. The molecule has 0 amide bonds. The van der Waals surface area contributed by atoms with Gasteiger partial charge in [0.25, 0.3) is 5.56 Å². The maximum Gasteiger partial charge on any atom is 0.257 e. The van der Waals surface area contributed by atoms with Gasteiger partial charge in [0.2, 0.25) is 0 Å². The van der Waals surface area contributed by atoms with Crippen LogP contribution in [-0.4, -0.2) is 9.97 Å². The van der Waals surface area contributed by atoms with Crippen molar-refractivity contribution in [2.75, 3.05) is 0 Å². The highest BCUT2D eigenvalue weighted by molar-refractivity contribution is 6.30. The average Bonchev–Trinajstić information content (AvgIpc) is 2.41. The van der Waals surface area contributed by atoms with E-state index in [-0.39, 0.29) is 5.56 Å². The van der Waals surface area contributed by atoms with Gasteiger partial charge in [0.1, 0.15) is 0 Å². The van der Waals surface area contributed by atoms with Crippen LogP contribution in [0.1, 0.15) is 0 Å². The number of benzene rings is 1. The molecule has 0 aliphatic heterocycles. The maximum atomic E-state index is 11.7. The predicted octanol–water partition coefficient (Wildman–Crippen LogP) is 3.24. The fourth-order valence-corrected chi connectivity index (χ4v) is 2.10. The molecule has 0 unspecified atom stereocenters. The van der Waals surface area contributed by atoms with Gasteiger partial charge in [-0.25, -0.2) is 0 Å². The quantitative estimate of drug-likeness (QED) is 0.726. The number of pyridine rings is 2. The van der Waals surface area contributed by atoms with E-state index >= 15 is 0 Å². The largest absolute Gasteiger partial charge is 0.328 e. The number of halogens is 1. The van der Waals surface area contributed by atoms with E-state index in [2.05, 4.69) is 9.97 Å². The fraction of sp³-hybridized carbons (Fsp3) is 0. The minimum Gasteiger partial charge on any atom is -0.328 e. The van der Waals surface area contributed by atoms with Crippen molar-refractivity contribution >= 4 is 22.4 Å². The molecule has 2 aromatic heterocycles. The predicted molar refractivity (Wildman–Crippen MR) is 72.8 cm³/mol. The summed E-state index contributed by atoms with van der Waals surface area (Å²) in [6.45, 7) is 0. The summed E-state index contributed by atoms with van der Waals surface area (Å²) in [4.78, 5) is 18.4. The van der Waals surface area contributed by atoms with E-state index < -0.39 is 0 Å². The number of hydrogen-bond acceptors (Lipinski definition) is 2.